The van der Waals surface area contributed by atoms with Gasteiger partial charge < -0.3 is 4.57 Å². The molecule has 0 spiro atoms. The van der Waals surface area contributed by atoms with Crippen molar-refractivity contribution in [3.63, 3.8) is 0 Å². The average molecular weight is 371 g/mol. The second kappa shape index (κ2) is 6.17. The van der Waals surface area contributed by atoms with Gasteiger partial charge in [-0.2, -0.15) is 0 Å². The molecular formula is C19H12F2NOPS. The maximum absolute atomic E-state index is 14.1. The molecule has 0 bridgehead atoms. The van der Waals surface area contributed by atoms with Crippen molar-refractivity contribution in [3.8, 4) is 0 Å². The van der Waals surface area contributed by atoms with Crippen molar-refractivity contribution in [2.45, 2.75) is 0 Å². The van der Waals surface area contributed by atoms with Crippen molar-refractivity contribution in [1.29, 1.82) is 0 Å². The molecule has 1 aromatic heterocycles. The predicted octanol–water partition coefficient (Wildman–Crippen LogP) is 4.21. The van der Waals surface area contributed by atoms with Crippen molar-refractivity contribution in [3.05, 3.63) is 84.4 Å². The zero-order valence-corrected chi connectivity index (χ0v) is 14.6. The van der Waals surface area contributed by atoms with Gasteiger partial charge in [-0.05, 0) is 60.7 Å². The predicted molar refractivity (Wildman–Crippen MR) is 98.9 cm³/mol. The van der Waals surface area contributed by atoms with E-state index in [1.165, 1.54) is 59.9 Å². The molecule has 0 aliphatic rings. The molecule has 4 rings (SSSR count). The fraction of sp³-hybridized carbons (Fsp3) is 0. The normalized spacial score (nSPS) is 11.8. The maximum atomic E-state index is 14.1. The molecule has 0 amide bonds. The van der Waals surface area contributed by atoms with E-state index in [-0.39, 0.29) is 0 Å². The van der Waals surface area contributed by atoms with Crippen molar-refractivity contribution in [2.75, 3.05) is 0 Å². The van der Waals surface area contributed by atoms with Gasteiger partial charge in [0.25, 0.3) is 0 Å². The Morgan fingerprint density at radius 2 is 1.28 bits per heavy atom. The zero-order valence-electron chi connectivity index (χ0n) is 12.9. The average Bonchev–Trinajstić information content (AvgIpc) is 3.07. The summed E-state index contributed by atoms with van der Waals surface area (Å²) in [5.74, 6) is -0.808. The van der Waals surface area contributed by atoms with Gasteiger partial charge in [0.2, 0.25) is 0 Å². The molecule has 124 valence electrons. The van der Waals surface area contributed by atoms with Crippen LogP contribution in [0.3, 0.4) is 0 Å². The number of nitrogens with zero attached hydrogens (tertiary/aromatic N) is 1. The molecule has 0 radical (unpaired) electrons. The Hall–Kier alpha value is -2.36. The molecule has 25 heavy (non-hydrogen) atoms. The van der Waals surface area contributed by atoms with E-state index < -0.39 is 18.8 Å². The SMILES string of the molecule is O=P(c1ccc(F)cc1)(c1ccc(F)cc1)c1nc2ccccc2s1. The van der Waals surface area contributed by atoms with E-state index in [1.807, 2.05) is 24.3 Å². The molecule has 1 heterocycles. The molecule has 0 N–H and O–H groups in total. The summed E-state index contributed by atoms with van der Waals surface area (Å²) in [6.07, 6.45) is 0. The summed E-state index contributed by atoms with van der Waals surface area (Å²) in [4.78, 5) is 4.55. The molecule has 0 aliphatic carbocycles. The second-order valence-electron chi connectivity index (χ2n) is 5.53. The number of aromatic nitrogens is 1. The molecule has 0 saturated heterocycles. The van der Waals surface area contributed by atoms with Crippen LogP contribution in [0.1, 0.15) is 0 Å². The molecule has 6 heteroatoms. The Labute approximate surface area is 147 Å². The van der Waals surface area contributed by atoms with Crippen LogP contribution in [-0.4, -0.2) is 4.98 Å². The monoisotopic (exact) mass is 371 g/mol. The number of halogens is 2. The van der Waals surface area contributed by atoms with Crippen LogP contribution in [0.5, 0.6) is 0 Å². The molecule has 0 saturated carbocycles. The van der Waals surface area contributed by atoms with Gasteiger partial charge in [-0.3, -0.25) is 0 Å². The quantitative estimate of drug-likeness (QED) is 0.505. The van der Waals surface area contributed by atoms with Gasteiger partial charge in [0.05, 0.1) is 10.2 Å². The summed E-state index contributed by atoms with van der Waals surface area (Å²) in [5, 5.41) is 0.944. The van der Waals surface area contributed by atoms with Gasteiger partial charge in [-0.15, -0.1) is 11.3 Å². The summed E-state index contributed by atoms with van der Waals surface area (Å²) >= 11 is 1.34. The van der Waals surface area contributed by atoms with Crippen molar-refractivity contribution in [1.82, 2.24) is 4.98 Å². The summed E-state index contributed by atoms with van der Waals surface area (Å²) < 4.78 is 42.2. The third-order valence-electron chi connectivity index (χ3n) is 3.93. The molecule has 0 unspecified atom stereocenters. The van der Waals surface area contributed by atoms with Crippen LogP contribution >= 0.6 is 18.5 Å². The number of hydrogen-bond donors (Lipinski definition) is 0. The lowest BCUT2D eigenvalue weighted by Crippen LogP contribution is -2.25. The highest BCUT2D eigenvalue weighted by atomic mass is 32.1. The number of benzene rings is 3. The van der Waals surface area contributed by atoms with Crippen LogP contribution in [0.4, 0.5) is 8.78 Å². The van der Waals surface area contributed by atoms with E-state index >= 15 is 0 Å². The summed E-state index contributed by atoms with van der Waals surface area (Å²) in [7, 11) is -3.31. The minimum Gasteiger partial charge on any atom is -0.306 e. The minimum absolute atomic E-state index is 0.404. The number of para-hydroxylation sites is 1. The first kappa shape index (κ1) is 16.1. The summed E-state index contributed by atoms with van der Waals surface area (Å²) in [5.41, 5.74) is 0.756. The van der Waals surface area contributed by atoms with Gasteiger partial charge in [0.15, 0.2) is 11.9 Å². The number of hydrogen-bond acceptors (Lipinski definition) is 3. The highest BCUT2D eigenvalue weighted by Crippen LogP contribution is 2.44. The molecule has 2 nitrogen and oxygen atoms in total. The Kier molecular flexibility index (Phi) is 3.98. The van der Waals surface area contributed by atoms with Gasteiger partial charge in [0, 0.05) is 10.6 Å². The van der Waals surface area contributed by atoms with Gasteiger partial charge in [-0.25, -0.2) is 13.8 Å². The largest absolute Gasteiger partial charge is 0.306 e. The van der Waals surface area contributed by atoms with E-state index in [0.717, 1.165) is 10.2 Å². The number of rotatable bonds is 3. The van der Waals surface area contributed by atoms with Gasteiger partial charge >= 0.3 is 0 Å². The Morgan fingerprint density at radius 3 is 1.80 bits per heavy atom. The van der Waals surface area contributed by atoms with E-state index in [0.29, 0.717) is 15.4 Å². The lowest BCUT2D eigenvalue weighted by Gasteiger charge is -2.16. The number of thiazole rings is 1. The van der Waals surface area contributed by atoms with Gasteiger partial charge in [-0.1, -0.05) is 12.1 Å². The maximum Gasteiger partial charge on any atom is 0.198 e. The van der Waals surface area contributed by atoms with E-state index in [2.05, 4.69) is 4.98 Å². The smallest absolute Gasteiger partial charge is 0.198 e. The van der Waals surface area contributed by atoms with Crippen molar-refractivity contribution in [2.24, 2.45) is 0 Å². The highest BCUT2D eigenvalue weighted by Gasteiger charge is 2.33. The lowest BCUT2D eigenvalue weighted by molar-refractivity contribution is 0.592. The van der Waals surface area contributed by atoms with Crippen LogP contribution < -0.4 is 15.4 Å². The Bertz CT molecular complexity index is 1010. The van der Waals surface area contributed by atoms with E-state index in [4.69, 9.17) is 0 Å². The lowest BCUT2D eigenvalue weighted by atomic mass is 10.3. The van der Waals surface area contributed by atoms with E-state index in [1.54, 1.807) is 0 Å². The number of fused-ring (bicyclic) bond motifs is 1. The first-order chi connectivity index (χ1) is 12.1. The van der Waals surface area contributed by atoms with E-state index in [9.17, 15) is 13.3 Å². The Morgan fingerprint density at radius 1 is 0.760 bits per heavy atom. The second-order valence-corrected chi connectivity index (χ2v) is 9.53. The van der Waals surface area contributed by atoms with Crippen LogP contribution in [0.25, 0.3) is 10.2 Å². The third-order valence-corrected chi connectivity index (χ3v) is 8.51. The first-order valence-electron chi connectivity index (χ1n) is 7.56. The standard InChI is InChI=1S/C19H12F2NOPS/c20-13-5-9-15(10-6-13)24(23,16-11-7-14(21)8-12-16)19-22-17-3-1-2-4-18(17)25-19/h1-12H. The minimum atomic E-state index is -3.31. The summed E-state index contributed by atoms with van der Waals surface area (Å²) in [6.45, 7) is 0. The molecule has 0 fully saturated rings. The van der Waals surface area contributed by atoms with Crippen molar-refractivity contribution < 1.29 is 13.3 Å². The van der Waals surface area contributed by atoms with Gasteiger partial charge in [0.1, 0.15) is 11.6 Å². The highest BCUT2D eigenvalue weighted by molar-refractivity contribution is 7.89. The molecular weight excluding hydrogens is 359 g/mol. The first-order valence-corrected chi connectivity index (χ1v) is 10.1. The molecule has 0 aliphatic heterocycles. The molecule has 3 aromatic carbocycles. The fourth-order valence-electron chi connectivity index (χ4n) is 2.67. The topological polar surface area (TPSA) is 30.0 Å². The molecule has 0 atom stereocenters. The van der Waals surface area contributed by atoms with Crippen molar-refractivity contribution >= 4 is 44.1 Å². The summed E-state index contributed by atoms with van der Waals surface area (Å²) in [6, 6.07) is 18.7. The van der Waals surface area contributed by atoms with Crippen LogP contribution in [0, 0.1) is 11.6 Å². The third kappa shape index (κ3) is 2.80. The van der Waals surface area contributed by atoms with Crippen LogP contribution in [-0.2, 0) is 4.57 Å². The zero-order chi connectivity index (χ0) is 17.4. The van der Waals surface area contributed by atoms with Crippen LogP contribution in [0.2, 0.25) is 0 Å². The fourth-order valence-corrected chi connectivity index (χ4v) is 6.94. The van der Waals surface area contributed by atoms with Crippen LogP contribution in [0.15, 0.2) is 72.8 Å². The Balaban J connectivity index is 1.99. The molecule has 4 aromatic rings.